The van der Waals surface area contributed by atoms with E-state index in [0.29, 0.717) is 19.5 Å². The highest BCUT2D eigenvalue weighted by atomic mass is 16.1. The number of carbonyl (C=O) groups is 2. The van der Waals surface area contributed by atoms with Crippen molar-refractivity contribution in [3.8, 4) is 0 Å². The van der Waals surface area contributed by atoms with E-state index in [2.05, 4.69) is 16.7 Å². The number of amides is 1. The molecule has 4 nitrogen and oxygen atoms in total. The van der Waals surface area contributed by atoms with Gasteiger partial charge in [0.1, 0.15) is 5.78 Å². The van der Waals surface area contributed by atoms with Crippen molar-refractivity contribution >= 4 is 17.4 Å². The Morgan fingerprint density at radius 3 is 3.00 bits per heavy atom. The molecule has 0 spiro atoms. The number of fused-ring (bicyclic) bond motifs is 1. The molecule has 1 aromatic carbocycles. The molecule has 2 N–H and O–H groups in total. The number of aryl methyl sites for hydroxylation is 1. The summed E-state index contributed by atoms with van der Waals surface area (Å²) in [4.78, 5) is 22.0. The maximum Gasteiger partial charge on any atom is 0.224 e. The van der Waals surface area contributed by atoms with Crippen LogP contribution in [0.25, 0.3) is 0 Å². The molecule has 0 aliphatic carbocycles. The first-order chi connectivity index (χ1) is 8.15. The van der Waals surface area contributed by atoms with Crippen LogP contribution in [0.2, 0.25) is 0 Å². The summed E-state index contributed by atoms with van der Waals surface area (Å²) in [6.45, 7) is 2.64. The number of carbonyl (C=O) groups excluding carboxylic acids is 2. The third-order valence-corrected chi connectivity index (χ3v) is 2.77. The van der Waals surface area contributed by atoms with Crippen LogP contribution in [0.15, 0.2) is 18.2 Å². The fourth-order valence-electron chi connectivity index (χ4n) is 1.93. The molecule has 17 heavy (non-hydrogen) atoms. The van der Waals surface area contributed by atoms with Gasteiger partial charge in [-0.05, 0) is 30.5 Å². The van der Waals surface area contributed by atoms with Crippen LogP contribution < -0.4 is 10.6 Å². The second-order valence-corrected chi connectivity index (χ2v) is 4.35. The highest BCUT2D eigenvalue weighted by Crippen LogP contribution is 2.23. The molecule has 1 aliphatic heterocycles. The Morgan fingerprint density at radius 2 is 2.24 bits per heavy atom. The lowest BCUT2D eigenvalue weighted by Crippen LogP contribution is -2.21. The summed E-state index contributed by atoms with van der Waals surface area (Å²) in [7, 11) is 0. The van der Waals surface area contributed by atoms with Gasteiger partial charge in [-0.2, -0.15) is 0 Å². The quantitative estimate of drug-likeness (QED) is 0.821. The zero-order chi connectivity index (χ0) is 12.3. The first-order valence-corrected chi connectivity index (χ1v) is 5.77. The maximum atomic E-state index is 11.2. The van der Waals surface area contributed by atoms with Gasteiger partial charge in [-0.3, -0.25) is 9.59 Å². The number of hydrogen-bond donors (Lipinski definition) is 2. The van der Waals surface area contributed by atoms with E-state index in [1.165, 1.54) is 5.56 Å². The number of rotatable bonds is 4. The molecular weight excluding hydrogens is 216 g/mol. The maximum absolute atomic E-state index is 11.2. The van der Waals surface area contributed by atoms with Gasteiger partial charge in [0.15, 0.2) is 0 Å². The Kier molecular flexibility index (Phi) is 3.54. The normalized spacial score (nSPS) is 14.1. The van der Waals surface area contributed by atoms with E-state index < -0.39 is 0 Å². The molecule has 0 fully saturated rings. The highest BCUT2D eigenvalue weighted by molar-refractivity contribution is 5.93. The fraction of sp³-hybridized carbons (Fsp3) is 0.385. The summed E-state index contributed by atoms with van der Waals surface area (Å²) in [5.41, 5.74) is 3.23. The van der Waals surface area contributed by atoms with Crippen LogP contribution in [-0.2, 0) is 22.6 Å². The lowest BCUT2D eigenvalue weighted by molar-refractivity contribution is -0.117. The van der Waals surface area contributed by atoms with E-state index in [9.17, 15) is 9.59 Å². The molecule has 2 rings (SSSR count). The summed E-state index contributed by atoms with van der Waals surface area (Å²) in [5, 5.41) is 5.93. The van der Waals surface area contributed by atoms with Crippen molar-refractivity contribution in [1.29, 1.82) is 0 Å². The Bertz CT molecular complexity index is 455. The molecule has 4 heteroatoms. The molecule has 1 aliphatic rings. The Morgan fingerprint density at radius 1 is 1.41 bits per heavy atom. The minimum absolute atomic E-state index is 0.0833. The van der Waals surface area contributed by atoms with Crippen LogP contribution >= 0.6 is 0 Å². The third-order valence-electron chi connectivity index (χ3n) is 2.77. The van der Waals surface area contributed by atoms with Gasteiger partial charge < -0.3 is 10.6 Å². The van der Waals surface area contributed by atoms with E-state index in [0.717, 1.165) is 17.7 Å². The number of anilines is 1. The van der Waals surface area contributed by atoms with Crippen LogP contribution in [0.4, 0.5) is 5.69 Å². The zero-order valence-corrected chi connectivity index (χ0v) is 9.88. The van der Waals surface area contributed by atoms with Crippen molar-refractivity contribution in [2.24, 2.45) is 0 Å². The zero-order valence-electron chi connectivity index (χ0n) is 9.88. The number of ketones is 1. The summed E-state index contributed by atoms with van der Waals surface area (Å²) >= 11 is 0. The highest BCUT2D eigenvalue weighted by Gasteiger charge is 2.14. The number of benzene rings is 1. The monoisotopic (exact) mass is 232 g/mol. The number of Topliss-reactive ketones (excluding diaryl/α,β-unsaturated/α-hetero) is 1. The van der Waals surface area contributed by atoms with Gasteiger partial charge in [0.25, 0.3) is 0 Å². The van der Waals surface area contributed by atoms with Gasteiger partial charge in [-0.1, -0.05) is 12.1 Å². The molecule has 1 heterocycles. The molecule has 0 aromatic heterocycles. The molecule has 0 atom stereocenters. The second-order valence-electron chi connectivity index (χ2n) is 4.35. The molecule has 0 radical (unpaired) electrons. The molecule has 90 valence electrons. The molecule has 0 saturated carbocycles. The van der Waals surface area contributed by atoms with E-state index in [1.54, 1.807) is 6.92 Å². The lowest BCUT2D eigenvalue weighted by atomic mass is 10.0. The SMILES string of the molecule is CC(=O)CNCc1ccc2c(c1)CCC(=O)N2. The summed E-state index contributed by atoms with van der Waals surface area (Å²) in [5.74, 6) is 0.218. The Labute approximate surface area is 100 Å². The summed E-state index contributed by atoms with van der Waals surface area (Å²) in [6, 6.07) is 5.98. The largest absolute Gasteiger partial charge is 0.326 e. The van der Waals surface area contributed by atoms with Crippen LogP contribution in [0.5, 0.6) is 0 Å². The van der Waals surface area contributed by atoms with Crippen molar-refractivity contribution in [3.63, 3.8) is 0 Å². The van der Waals surface area contributed by atoms with Crippen LogP contribution in [0, 0.1) is 0 Å². The van der Waals surface area contributed by atoms with Gasteiger partial charge in [-0.25, -0.2) is 0 Å². The molecule has 0 saturated heterocycles. The van der Waals surface area contributed by atoms with Gasteiger partial charge >= 0.3 is 0 Å². The van der Waals surface area contributed by atoms with Gasteiger partial charge in [0.05, 0.1) is 6.54 Å². The average molecular weight is 232 g/mol. The van der Waals surface area contributed by atoms with E-state index in [1.807, 2.05) is 12.1 Å². The molecule has 0 unspecified atom stereocenters. The van der Waals surface area contributed by atoms with Crippen molar-refractivity contribution in [1.82, 2.24) is 5.32 Å². The molecule has 1 amide bonds. The smallest absolute Gasteiger partial charge is 0.224 e. The van der Waals surface area contributed by atoms with Crippen LogP contribution in [0.1, 0.15) is 24.5 Å². The fourth-order valence-corrected chi connectivity index (χ4v) is 1.93. The van der Waals surface area contributed by atoms with Crippen LogP contribution in [-0.4, -0.2) is 18.2 Å². The van der Waals surface area contributed by atoms with Crippen molar-refractivity contribution in [2.45, 2.75) is 26.3 Å². The minimum atomic E-state index is 0.0833. The summed E-state index contributed by atoms with van der Waals surface area (Å²) in [6.07, 6.45) is 1.35. The van der Waals surface area contributed by atoms with Crippen molar-refractivity contribution in [3.05, 3.63) is 29.3 Å². The van der Waals surface area contributed by atoms with E-state index >= 15 is 0 Å². The number of nitrogens with one attached hydrogen (secondary N) is 2. The van der Waals surface area contributed by atoms with E-state index in [4.69, 9.17) is 0 Å². The summed E-state index contributed by atoms with van der Waals surface area (Å²) < 4.78 is 0. The average Bonchev–Trinajstić information content (AvgIpc) is 2.29. The molecular formula is C13H16N2O2. The third kappa shape index (κ3) is 3.14. The Hall–Kier alpha value is -1.68. The topological polar surface area (TPSA) is 58.2 Å². The molecule has 1 aromatic rings. The lowest BCUT2D eigenvalue weighted by Gasteiger charge is -2.17. The van der Waals surface area contributed by atoms with Crippen molar-refractivity contribution < 1.29 is 9.59 Å². The Balaban J connectivity index is 2.01. The molecule has 0 bridgehead atoms. The van der Waals surface area contributed by atoms with Crippen LogP contribution in [0.3, 0.4) is 0 Å². The van der Waals surface area contributed by atoms with Gasteiger partial charge in [0, 0.05) is 18.7 Å². The van der Waals surface area contributed by atoms with Crippen molar-refractivity contribution in [2.75, 3.05) is 11.9 Å². The minimum Gasteiger partial charge on any atom is -0.326 e. The predicted octanol–water partition coefficient (Wildman–Crippen LogP) is 1.25. The van der Waals surface area contributed by atoms with Gasteiger partial charge in [0.2, 0.25) is 5.91 Å². The predicted molar refractivity (Wildman–Crippen MR) is 65.8 cm³/mol. The first-order valence-electron chi connectivity index (χ1n) is 5.77. The van der Waals surface area contributed by atoms with E-state index in [-0.39, 0.29) is 11.7 Å². The number of hydrogen-bond acceptors (Lipinski definition) is 3. The first kappa shape index (κ1) is 11.8. The second kappa shape index (κ2) is 5.10. The van der Waals surface area contributed by atoms with Gasteiger partial charge in [-0.15, -0.1) is 0 Å². The standard InChI is InChI=1S/C13H16N2O2/c1-9(16)7-14-8-10-2-4-12-11(6-10)3-5-13(17)15-12/h2,4,6,14H,3,5,7-8H2,1H3,(H,15,17).